The maximum atomic E-state index is 13.4. The van der Waals surface area contributed by atoms with E-state index in [9.17, 15) is 9.59 Å². The Morgan fingerprint density at radius 1 is 0.672 bits per heavy atom. The van der Waals surface area contributed by atoms with E-state index < -0.39 is 42.7 Å². The Kier molecular flexibility index (Phi) is 14.5. The van der Waals surface area contributed by atoms with Crippen LogP contribution in [0.2, 0.25) is 0 Å². The van der Waals surface area contributed by atoms with Gasteiger partial charge in [0.2, 0.25) is 0 Å². The van der Waals surface area contributed by atoms with Gasteiger partial charge in [-0.15, -0.1) is 0 Å². The Morgan fingerprint density at radius 3 is 1.83 bits per heavy atom. The second-order valence-electron chi connectivity index (χ2n) is 14.2. The van der Waals surface area contributed by atoms with Gasteiger partial charge in [0, 0.05) is 12.3 Å². The van der Waals surface area contributed by atoms with Gasteiger partial charge in [0.1, 0.15) is 25.4 Å². The van der Waals surface area contributed by atoms with E-state index in [-0.39, 0.29) is 38.8 Å². The molecule has 0 saturated carbocycles. The van der Waals surface area contributed by atoms with Gasteiger partial charge >= 0.3 is 12.1 Å². The molecule has 0 spiro atoms. The molecular weight excluding hydrogens is 735 g/mol. The van der Waals surface area contributed by atoms with Gasteiger partial charge in [0.05, 0.1) is 39.1 Å². The number of fused-ring (bicyclic) bond motifs is 3. The third-order valence-electron chi connectivity index (χ3n) is 10.2. The Hall–Kier alpha value is -5.62. The SMILES string of the molecule is C=CCOC(=O)[C@@H](CO[C@@H]1C[C@@H](OCc2ccccc2)[C@@H](OCc2ccccc2)[C@@H](COCc2ccccc2)O1)NC(=O)OCC1c2ccccc2-c2ccccc21. The third kappa shape index (κ3) is 10.9. The van der Waals surface area contributed by atoms with E-state index >= 15 is 0 Å². The van der Waals surface area contributed by atoms with E-state index in [2.05, 4.69) is 24.0 Å². The lowest BCUT2D eigenvalue weighted by atomic mass is 9.98. The lowest BCUT2D eigenvalue weighted by molar-refractivity contribution is -0.279. The number of alkyl carbamates (subject to hydrolysis) is 1. The minimum absolute atomic E-state index is 0.0434. The van der Waals surface area contributed by atoms with Crippen molar-refractivity contribution in [2.45, 2.75) is 62.8 Å². The van der Waals surface area contributed by atoms with Crippen molar-refractivity contribution in [1.29, 1.82) is 0 Å². The Bertz CT molecular complexity index is 2020. The molecule has 1 amide bonds. The van der Waals surface area contributed by atoms with Crippen molar-refractivity contribution in [3.8, 4) is 11.1 Å². The highest BCUT2D eigenvalue weighted by Gasteiger charge is 2.42. The van der Waals surface area contributed by atoms with Crippen molar-refractivity contribution in [2.24, 2.45) is 0 Å². The number of hydrogen-bond donors (Lipinski definition) is 1. The van der Waals surface area contributed by atoms with Crippen LogP contribution in [0.4, 0.5) is 4.79 Å². The van der Waals surface area contributed by atoms with Crippen LogP contribution >= 0.6 is 0 Å². The topological polar surface area (TPSA) is 111 Å². The Balaban J connectivity index is 1.04. The summed E-state index contributed by atoms with van der Waals surface area (Å²) in [6, 6.07) is 44.7. The van der Waals surface area contributed by atoms with E-state index in [0.29, 0.717) is 19.8 Å². The summed E-state index contributed by atoms with van der Waals surface area (Å²) in [6.45, 7) is 4.64. The van der Waals surface area contributed by atoms with Gasteiger partial charge < -0.3 is 38.5 Å². The molecule has 0 bridgehead atoms. The van der Waals surface area contributed by atoms with Crippen LogP contribution in [0, 0.1) is 0 Å². The molecule has 1 heterocycles. The number of ether oxygens (including phenoxy) is 7. The van der Waals surface area contributed by atoms with E-state index in [4.69, 9.17) is 33.2 Å². The zero-order chi connectivity index (χ0) is 39.9. The van der Waals surface area contributed by atoms with Crippen molar-refractivity contribution in [1.82, 2.24) is 5.32 Å². The molecule has 5 aromatic carbocycles. The average molecular weight is 784 g/mol. The fourth-order valence-corrected chi connectivity index (χ4v) is 7.32. The van der Waals surface area contributed by atoms with E-state index in [1.807, 2.05) is 127 Å². The second-order valence-corrected chi connectivity index (χ2v) is 14.2. The quantitative estimate of drug-likeness (QED) is 0.0656. The molecule has 10 heteroatoms. The molecule has 5 aromatic rings. The fraction of sp³-hybridized carbons (Fsp3) is 0.292. The van der Waals surface area contributed by atoms with Crippen LogP contribution in [-0.4, -0.2) is 69.1 Å². The summed E-state index contributed by atoms with van der Waals surface area (Å²) in [6.07, 6.45) is -1.49. The Labute approximate surface area is 339 Å². The first kappa shape index (κ1) is 40.6. The summed E-state index contributed by atoms with van der Waals surface area (Å²) in [5.41, 5.74) is 7.41. The number of benzene rings is 5. The van der Waals surface area contributed by atoms with Crippen LogP contribution in [0.5, 0.6) is 0 Å². The van der Waals surface area contributed by atoms with Gasteiger partial charge in [0.15, 0.2) is 12.3 Å². The minimum Gasteiger partial charge on any atom is -0.460 e. The molecule has 1 aliphatic carbocycles. The van der Waals surface area contributed by atoms with E-state index in [1.165, 1.54) is 6.08 Å². The normalized spacial score (nSPS) is 19.0. The smallest absolute Gasteiger partial charge is 0.407 e. The number of amides is 1. The van der Waals surface area contributed by atoms with E-state index in [1.54, 1.807) is 0 Å². The first-order chi connectivity index (χ1) is 28.6. The lowest BCUT2D eigenvalue weighted by Gasteiger charge is -2.41. The molecule has 0 radical (unpaired) electrons. The number of carbonyl (C=O) groups excluding carboxylic acids is 2. The van der Waals surface area contributed by atoms with Crippen LogP contribution in [0.15, 0.2) is 152 Å². The molecule has 10 nitrogen and oxygen atoms in total. The summed E-state index contributed by atoms with van der Waals surface area (Å²) in [7, 11) is 0. The maximum absolute atomic E-state index is 13.4. The van der Waals surface area contributed by atoms with Crippen molar-refractivity contribution < 1.29 is 42.7 Å². The number of carbonyl (C=O) groups is 2. The largest absolute Gasteiger partial charge is 0.460 e. The zero-order valence-electron chi connectivity index (χ0n) is 32.4. The molecule has 0 aromatic heterocycles. The summed E-state index contributed by atoms with van der Waals surface area (Å²) < 4.78 is 43.3. The highest BCUT2D eigenvalue weighted by Crippen LogP contribution is 2.44. The monoisotopic (exact) mass is 783 g/mol. The fourth-order valence-electron chi connectivity index (χ4n) is 7.32. The van der Waals surface area contributed by atoms with Gasteiger partial charge in [-0.1, -0.05) is 152 Å². The number of rotatable bonds is 19. The molecule has 5 atom stereocenters. The summed E-state index contributed by atoms with van der Waals surface area (Å²) in [4.78, 5) is 26.7. The minimum atomic E-state index is -1.21. The summed E-state index contributed by atoms with van der Waals surface area (Å²) in [5.74, 6) is -0.852. The molecule has 0 unspecified atom stereocenters. The highest BCUT2D eigenvalue weighted by molar-refractivity contribution is 5.82. The van der Waals surface area contributed by atoms with Crippen molar-refractivity contribution in [3.63, 3.8) is 0 Å². The molecule has 300 valence electrons. The average Bonchev–Trinajstić information content (AvgIpc) is 3.59. The number of nitrogens with one attached hydrogen (secondary N) is 1. The maximum Gasteiger partial charge on any atom is 0.407 e. The number of hydrogen-bond acceptors (Lipinski definition) is 9. The predicted molar refractivity (Wildman–Crippen MR) is 219 cm³/mol. The first-order valence-electron chi connectivity index (χ1n) is 19.6. The molecular formula is C48H49NO9. The van der Waals surface area contributed by atoms with Gasteiger partial charge in [-0.3, -0.25) is 0 Å². The summed E-state index contributed by atoms with van der Waals surface area (Å²) >= 11 is 0. The first-order valence-corrected chi connectivity index (χ1v) is 19.6. The second kappa shape index (κ2) is 20.7. The van der Waals surface area contributed by atoms with Gasteiger partial charge in [-0.05, 0) is 38.9 Å². The molecule has 1 N–H and O–H groups in total. The number of esters is 1. The molecule has 1 aliphatic heterocycles. The Morgan fingerprint density at radius 2 is 1.22 bits per heavy atom. The van der Waals surface area contributed by atoms with Gasteiger partial charge in [-0.25, -0.2) is 9.59 Å². The van der Waals surface area contributed by atoms with Crippen LogP contribution in [0.3, 0.4) is 0 Å². The molecule has 7 rings (SSSR count). The van der Waals surface area contributed by atoms with Crippen LogP contribution in [-0.2, 0) is 57.8 Å². The lowest BCUT2D eigenvalue weighted by Crippen LogP contribution is -2.54. The summed E-state index contributed by atoms with van der Waals surface area (Å²) in [5, 5.41) is 2.67. The van der Waals surface area contributed by atoms with Crippen LogP contribution < -0.4 is 5.32 Å². The van der Waals surface area contributed by atoms with Crippen LogP contribution in [0.25, 0.3) is 11.1 Å². The highest BCUT2D eigenvalue weighted by atomic mass is 16.7. The molecule has 2 aliphatic rings. The standard InChI is InChI=1S/C48H49NO9/c1-2-26-53-47(50)42(49-48(51)57-31-41-39-24-14-12-22-37(39)38-23-13-15-25-40(38)41)32-55-45-27-43(54-29-35-18-8-4-9-19-35)46(56-30-36-20-10-5-11-21-36)44(58-45)33-52-28-34-16-6-3-7-17-34/h2-25,41-46H,1,26-33H2,(H,49,51)/t42-,43-,44-,45+,46-/m1/s1. The van der Waals surface area contributed by atoms with Crippen molar-refractivity contribution >= 4 is 12.1 Å². The van der Waals surface area contributed by atoms with Gasteiger partial charge in [0.25, 0.3) is 0 Å². The van der Waals surface area contributed by atoms with Crippen molar-refractivity contribution in [2.75, 3.05) is 26.4 Å². The third-order valence-corrected chi connectivity index (χ3v) is 10.2. The van der Waals surface area contributed by atoms with Crippen LogP contribution in [0.1, 0.15) is 40.2 Å². The van der Waals surface area contributed by atoms with E-state index in [0.717, 1.165) is 38.9 Å². The zero-order valence-corrected chi connectivity index (χ0v) is 32.4. The molecule has 1 saturated heterocycles. The van der Waals surface area contributed by atoms with Crippen molar-refractivity contribution in [3.05, 3.63) is 180 Å². The predicted octanol–water partition coefficient (Wildman–Crippen LogP) is 8.14. The molecule has 58 heavy (non-hydrogen) atoms. The van der Waals surface area contributed by atoms with Gasteiger partial charge in [-0.2, -0.15) is 0 Å². The molecule has 1 fully saturated rings.